The van der Waals surface area contributed by atoms with Crippen molar-refractivity contribution >= 4 is 29.4 Å². The van der Waals surface area contributed by atoms with E-state index in [-0.39, 0.29) is 17.0 Å². The van der Waals surface area contributed by atoms with Crippen molar-refractivity contribution in [2.24, 2.45) is 17.8 Å². The third kappa shape index (κ3) is 4.48. The molecule has 29 heavy (non-hydrogen) atoms. The number of nitrogens with one attached hydrogen (secondary N) is 1. The predicted octanol–water partition coefficient (Wildman–Crippen LogP) is 2.57. The van der Waals surface area contributed by atoms with E-state index in [9.17, 15) is 9.18 Å². The van der Waals surface area contributed by atoms with Crippen LogP contribution in [0.25, 0.3) is 6.08 Å². The Bertz CT molecular complexity index is 912. The van der Waals surface area contributed by atoms with Crippen molar-refractivity contribution in [3.8, 4) is 5.88 Å². The van der Waals surface area contributed by atoms with E-state index in [2.05, 4.69) is 20.3 Å². The molecule has 2 aromatic heterocycles. The smallest absolute Gasteiger partial charge is 0.244 e. The van der Waals surface area contributed by atoms with Gasteiger partial charge < -0.3 is 15.0 Å². The number of anilines is 1. The average molecular weight is 418 g/mol. The summed E-state index contributed by atoms with van der Waals surface area (Å²) < 4.78 is 18.9. The largest absolute Gasteiger partial charge is 0.481 e. The second-order valence-electron chi connectivity index (χ2n) is 7.25. The zero-order chi connectivity index (χ0) is 20.4. The van der Waals surface area contributed by atoms with Gasteiger partial charge >= 0.3 is 0 Å². The zero-order valence-corrected chi connectivity index (χ0v) is 16.6. The normalized spacial score (nSPS) is 22.6. The molecule has 1 amide bonds. The Morgan fingerprint density at radius 3 is 2.83 bits per heavy atom. The van der Waals surface area contributed by atoms with Crippen LogP contribution < -0.4 is 15.0 Å². The lowest BCUT2D eigenvalue weighted by atomic mass is 10.2. The Kier molecular flexibility index (Phi) is 5.62. The summed E-state index contributed by atoms with van der Waals surface area (Å²) in [5, 5.41) is 2.97. The summed E-state index contributed by atoms with van der Waals surface area (Å²) in [6, 6.07) is 3.58. The quantitative estimate of drug-likeness (QED) is 0.551. The number of ether oxygens (including phenoxy) is 1. The van der Waals surface area contributed by atoms with Crippen molar-refractivity contribution in [2.45, 2.75) is 6.42 Å². The molecule has 2 aliphatic rings. The average Bonchev–Trinajstić information content (AvgIpc) is 3.17. The third-order valence-electron chi connectivity index (χ3n) is 5.54. The SMILES string of the molecule is COc1ccc(/C=C/C(=O)NCC[C@@H]2[C@H]3CN(c4nc(Cl)ncc4F)C[C@@H]23)cn1. The first kappa shape index (κ1) is 19.6. The Hall–Kier alpha value is -2.74. The Balaban J connectivity index is 1.19. The molecule has 0 radical (unpaired) electrons. The number of halogens is 2. The van der Waals surface area contributed by atoms with Gasteiger partial charge in [-0.05, 0) is 53.5 Å². The fourth-order valence-corrected chi connectivity index (χ4v) is 4.14. The maximum atomic E-state index is 13.9. The first-order valence-corrected chi connectivity index (χ1v) is 9.82. The van der Waals surface area contributed by atoms with Crippen LogP contribution in [0.3, 0.4) is 0 Å². The number of carbonyl (C=O) groups is 1. The number of rotatable bonds is 7. The number of nitrogens with zero attached hydrogens (tertiary/aromatic N) is 4. The molecule has 2 aromatic rings. The topological polar surface area (TPSA) is 80.2 Å². The maximum Gasteiger partial charge on any atom is 0.244 e. The molecule has 7 nitrogen and oxygen atoms in total. The summed E-state index contributed by atoms with van der Waals surface area (Å²) in [6.07, 6.45) is 6.89. The van der Waals surface area contributed by atoms with E-state index in [1.165, 1.54) is 6.08 Å². The molecule has 1 aliphatic carbocycles. The number of hydrogen-bond acceptors (Lipinski definition) is 6. The lowest BCUT2D eigenvalue weighted by Crippen LogP contribution is -2.28. The lowest BCUT2D eigenvalue weighted by molar-refractivity contribution is -0.116. The van der Waals surface area contributed by atoms with Gasteiger partial charge in [-0.2, -0.15) is 4.98 Å². The molecule has 9 heteroatoms. The number of methoxy groups -OCH3 is 1. The van der Waals surface area contributed by atoms with Gasteiger partial charge in [0.2, 0.25) is 17.1 Å². The monoisotopic (exact) mass is 417 g/mol. The van der Waals surface area contributed by atoms with Gasteiger partial charge in [0, 0.05) is 38.0 Å². The van der Waals surface area contributed by atoms with Crippen molar-refractivity contribution in [3.05, 3.63) is 47.3 Å². The number of pyridine rings is 1. The Morgan fingerprint density at radius 2 is 2.14 bits per heavy atom. The molecule has 1 aliphatic heterocycles. The molecule has 0 spiro atoms. The Morgan fingerprint density at radius 1 is 1.34 bits per heavy atom. The molecule has 4 rings (SSSR count). The van der Waals surface area contributed by atoms with Crippen molar-refractivity contribution in [1.29, 1.82) is 0 Å². The van der Waals surface area contributed by atoms with Crippen LogP contribution in [0.4, 0.5) is 10.2 Å². The minimum atomic E-state index is -0.446. The number of amides is 1. The van der Waals surface area contributed by atoms with Gasteiger partial charge in [-0.3, -0.25) is 4.79 Å². The first-order valence-electron chi connectivity index (χ1n) is 9.44. The summed E-state index contributed by atoms with van der Waals surface area (Å²) in [6.45, 7) is 2.14. The fraction of sp³-hybridized carbons (Fsp3) is 0.400. The predicted molar refractivity (Wildman–Crippen MR) is 107 cm³/mol. The van der Waals surface area contributed by atoms with Crippen LogP contribution in [0.1, 0.15) is 12.0 Å². The van der Waals surface area contributed by atoms with E-state index in [1.807, 2.05) is 11.0 Å². The summed E-state index contributed by atoms with van der Waals surface area (Å²) in [7, 11) is 1.56. The van der Waals surface area contributed by atoms with Gasteiger partial charge in [-0.25, -0.2) is 14.4 Å². The third-order valence-corrected chi connectivity index (χ3v) is 5.72. The van der Waals surface area contributed by atoms with E-state index in [1.54, 1.807) is 25.4 Å². The minimum absolute atomic E-state index is 0.0553. The lowest BCUT2D eigenvalue weighted by Gasteiger charge is -2.21. The molecule has 1 N–H and O–H groups in total. The van der Waals surface area contributed by atoms with Crippen molar-refractivity contribution < 1.29 is 13.9 Å². The van der Waals surface area contributed by atoms with Crippen LogP contribution >= 0.6 is 11.6 Å². The molecule has 3 heterocycles. The maximum absolute atomic E-state index is 13.9. The van der Waals surface area contributed by atoms with Crippen molar-refractivity contribution in [3.63, 3.8) is 0 Å². The fourth-order valence-electron chi connectivity index (χ4n) is 4.01. The highest BCUT2D eigenvalue weighted by Gasteiger charge is 2.55. The van der Waals surface area contributed by atoms with Crippen molar-refractivity contribution in [2.75, 3.05) is 31.6 Å². The van der Waals surface area contributed by atoms with Crippen LogP contribution in [0.5, 0.6) is 5.88 Å². The van der Waals surface area contributed by atoms with E-state index < -0.39 is 5.82 Å². The summed E-state index contributed by atoms with van der Waals surface area (Å²) >= 11 is 5.78. The van der Waals surface area contributed by atoms with Gasteiger partial charge in [0.25, 0.3) is 0 Å². The van der Waals surface area contributed by atoms with Crippen molar-refractivity contribution in [1.82, 2.24) is 20.3 Å². The zero-order valence-electron chi connectivity index (χ0n) is 15.9. The summed E-state index contributed by atoms with van der Waals surface area (Å²) in [5.41, 5.74) is 0.829. The van der Waals surface area contributed by atoms with Gasteiger partial charge in [-0.15, -0.1) is 0 Å². The molecule has 0 bridgehead atoms. The van der Waals surface area contributed by atoms with Crippen LogP contribution in [-0.4, -0.2) is 47.6 Å². The number of aromatic nitrogens is 3. The van der Waals surface area contributed by atoms with E-state index in [0.717, 1.165) is 31.3 Å². The van der Waals surface area contributed by atoms with Gasteiger partial charge in [0.05, 0.1) is 13.3 Å². The first-order chi connectivity index (χ1) is 14.0. The molecule has 0 unspecified atom stereocenters. The second kappa shape index (κ2) is 8.32. The molecular formula is C20H21ClFN5O2. The minimum Gasteiger partial charge on any atom is -0.481 e. The van der Waals surface area contributed by atoms with Crippen LogP contribution in [0, 0.1) is 23.6 Å². The molecular weight excluding hydrogens is 397 g/mol. The van der Waals surface area contributed by atoms with Crippen LogP contribution in [0.15, 0.2) is 30.6 Å². The standard InChI is InChI=1S/C20H21ClFN5O2/c1-29-18-5-3-12(8-24-18)2-4-17(28)23-7-6-13-14-10-27(11-15(13)14)19-16(22)9-25-20(21)26-19/h2-5,8-9,13-15H,6-7,10-11H2,1H3,(H,23,28)/b4-2+/t13-,14-,15+. The molecule has 152 valence electrons. The number of carbonyl (C=O) groups excluding carboxylic acids is 1. The van der Waals surface area contributed by atoms with E-state index in [4.69, 9.17) is 16.3 Å². The molecule has 3 atom stereocenters. The number of hydrogen-bond donors (Lipinski definition) is 1. The second-order valence-corrected chi connectivity index (χ2v) is 7.59. The number of fused-ring (bicyclic) bond motifs is 1. The van der Waals surface area contributed by atoms with Gasteiger partial charge in [0.15, 0.2) is 11.6 Å². The molecule has 0 aromatic carbocycles. The van der Waals surface area contributed by atoms with Crippen LogP contribution in [-0.2, 0) is 4.79 Å². The number of piperidine rings is 1. The molecule has 1 saturated carbocycles. The highest BCUT2D eigenvalue weighted by Crippen LogP contribution is 2.54. The van der Waals surface area contributed by atoms with Gasteiger partial charge in [0.1, 0.15) is 0 Å². The molecule has 2 fully saturated rings. The van der Waals surface area contributed by atoms with E-state index >= 15 is 0 Å². The Labute approximate surface area is 173 Å². The highest BCUT2D eigenvalue weighted by molar-refractivity contribution is 6.28. The van der Waals surface area contributed by atoms with E-state index in [0.29, 0.717) is 30.2 Å². The van der Waals surface area contributed by atoms with Crippen LogP contribution in [0.2, 0.25) is 5.28 Å². The summed E-state index contributed by atoms with van der Waals surface area (Å²) in [4.78, 5) is 25.7. The van der Waals surface area contributed by atoms with Gasteiger partial charge in [-0.1, -0.05) is 0 Å². The molecule has 1 saturated heterocycles. The summed E-state index contributed by atoms with van der Waals surface area (Å²) in [5.74, 6) is 1.82. The highest BCUT2D eigenvalue weighted by atomic mass is 35.5.